The van der Waals surface area contributed by atoms with Gasteiger partial charge >= 0.3 is 12.1 Å². The second-order valence-electron chi connectivity index (χ2n) is 7.11. The van der Waals surface area contributed by atoms with Gasteiger partial charge in [-0.05, 0) is 41.0 Å². The van der Waals surface area contributed by atoms with Gasteiger partial charge in [0, 0.05) is 5.92 Å². The second kappa shape index (κ2) is 7.04. The van der Waals surface area contributed by atoms with E-state index in [1.807, 2.05) is 48.5 Å². The van der Waals surface area contributed by atoms with Gasteiger partial charge in [-0.25, -0.2) is 9.59 Å². The van der Waals surface area contributed by atoms with Crippen LogP contribution in [0.4, 0.5) is 4.79 Å². The Morgan fingerprint density at radius 2 is 1.59 bits per heavy atom. The van der Waals surface area contributed by atoms with Crippen LogP contribution in [-0.4, -0.2) is 41.0 Å². The number of rotatable bonds is 6. The standard InChI is InChI=1S/C21H21NO5/c23-19(12-9-10-12)18(20(24)25)22-21(26)27-11-17-15-7-3-1-5-13(15)14-6-2-4-8-16(14)17/h1-8,12,17-19,23H,9-11H2,(H,22,26)(H,24,25)/t18-,19+/m1/s1. The highest BCUT2D eigenvalue weighted by Crippen LogP contribution is 2.44. The number of aliphatic hydroxyl groups excluding tert-OH is 1. The highest BCUT2D eigenvalue weighted by Gasteiger charge is 2.40. The molecule has 0 unspecified atom stereocenters. The number of carbonyl (C=O) groups excluding carboxylic acids is 1. The Bertz CT molecular complexity index is 831. The van der Waals surface area contributed by atoms with Gasteiger partial charge in [-0.1, -0.05) is 48.5 Å². The molecule has 3 N–H and O–H groups in total. The van der Waals surface area contributed by atoms with Crippen LogP contribution in [0.15, 0.2) is 48.5 Å². The first-order valence-corrected chi connectivity index (χ1v) is 9.08. The summed E-state index contributed by atoms with van der Waals surface area (Å²) in [6.07, 6.45) is -0.374. The molecule has 0 aromatic heterocycles. The Hall–Kier alpha value is -2.86. The van der Waals surface area contributed by atoms with Crippen LogP contribution in [0.25, 0.3) is 11.1 Å². The van der Waals surface area contributed by atoms with Gasteiger partial charge in [-0.3, -0.25) is 0 Å². The molecular weight excluding hydrogens is 346 g/mol. The Morgan fingerprint density at radius 1 is 1.04 bits per heavy atom. The number of aliphatic hydroxyl groups is 1. The molecule has 2 aromatic carbocycles. The molecule has 1 fully saturated rings. The fraction of sp³-hybridized carbons (Fsp3) is 0.333. The first-order valence-electron chi connectivity index (χ1n) is 9.08. The van der Waals surface area contributed by atoms with Crippen molar-refractivity contribution in [3.05, 3.63) is 59.7 Å². The molecular formula is C21H21NO5. The molecule has 1 saturated carbocycles. The maximum absolute atomic E-state index is 12.2. The van der Waals surface area contributed by atoms with Gasteiger partial charge in [-0.15, -0.1) is 0 Å². The number of benzene rings is 2. The van der Waals surface area contributed by atoms with E-state index in [4.69, 9.17) is 4.74 Å². The average molecular weight is 367 g/mol. The molecule has 6 nitrogen and oxygen atoms in total. The number of carbonyl (C=O) groups is 2. The van der Waals surface area contributed by atoms with Gasteiger partial charge in [0.05, 0.1) is 6.10 Å². The van der Waals surface area contributed by atoms with Crippen molar-refractivity contribution in [3.63, 3.8) is 0 Å². The Labute approximate surface area is 156 Å². The van der Waals surface area contributed by atoms with Crippen molar-refractivity contribution in [3.8, 4) is 11.1 Å². The van der Waals surface area contributed by atoms with E-state index in [1.165, 1.54) is 0 Å². The lowest BCUT2D eigenvalue weighted by molar-refractivity contribution is -0.142. The Balaban J connectivity index is 1.45. The number of carboxylic acid groups (broad SMARTS) is 1. The number of ether oxygens (including phenoxy) is 1. The maximum Gasteiger partial charge on any atom is 0.407 e. The van der Waals surface area contributed by atoms with Crippen molar-refractivity contribution in [2.24, 2.45) is 5.92 Å². The van der Waals surface area contributed by atoms with Gasteiger partial charge in [0.2, 0.25) is 0 Å². The van der Waals surface area contributed by atoms with Crippen molar-refractivity contribution in [1.29, 1.82) is 0 Å². The molecule has 0 aliphatic heterocycles. The minimum atomic E-state index is -1.35. The summed E-state index contributed by atoms with van der Waals surface area (Å²) in [5.41, 5.74) is 4.41. The van der Waals surface area contributed by atoms with Crippen LogP contribution in [0.2, 0.25) is 0 Å². The molecule has 27 heavy (non-hydrogen) atoms. The molecule has 0 saturated heterocycles. The van der Waals surface area contributed by atoms with Crippen LogP contribution in [0.3, 0.4) is 0 Å². The first-order chi connectivity index (χ1) is 13.1. The third kappa shape index (κ3) is 3.40. The molecule has 4 rings (SSSR count). The van der Waals surface area contributed by atoms with Crippen LogP contribution >= 0.6 is 0 Å². The van der Waals surface area contributed by atoms with Gasteiger partial charge in [0.15, 0.2) is 6.04 Å². The van der Waals surface area contributed by atoms with E-state index in [0.717, 1.165) is 35.1 Å². The number of amides is 1. The number of nitrogens with one attached hydrogen (secondary N) is 1. The van der Waals surface area contributed by atoms with Crippen molar-refractivity contribution in [2.45, 2.75) is 30.9 Å². The maximum atomic E-state index is 12.2. The normalized spacial score (nSPS) is 17.5. The predicted octanol–water partition coefficient (Wildman–Crippen LogP) is 2.75. The van der Waals surface area contributed by atoms with Gasteiger partial charge in [0.25, 0.3) is 0 Å². The SMILES string of the molecule is O=C(N[C@@H](C(=O)O)[C@@H](O)C1CC1)OCC1c2ccccc2-c2ccccc21. The number of hydrogen-bond acceptors (Lipinski definition) is 4. The first kappa shape index (κ1) is 17.5. The van der Waals surface area contributed by atoms with Crippen LogP contribution in [0.1, 0.15) is 29.9 Å². The largest absolute Gasteiger partial charge is 0.480 e. The minimum Gasteiger partial charge on any atom is -0.480 e. The fourth-order valence-electron chi connectivity index (χ4n) is 3.77. The molecule has 6 heteroatoms. The summed E-state index contributed by atoms with van der Waals surface area (Å²) in [5.74, 6) is -1.43. The summed E-state index contributed by atoms with van der Waals surface area (Å²) in [5, 5.41) is 21.6. The molecule has 2 atom stereocenters. The monoisotopic (exact) mass is 367 g/mol. The lowest BCUT2D eigenvalue weighted by atomic mass is 9.98. The number of fused-ring (bicyclic) bond motifs is 3. The van der Waals surface area contributed by atoms with Gasteiger partial charge in [0.1, 0.15) is 6.61 Å². The third-order valence-electron chi connectivity index (χ3n) is 5.33. The van der Waals surface area contributed by atoms with Crippen LogP contribution in [0.5, 0.6) is 0 Å². The van der Waals surface area contributed by atoms with E-state index >= 15 is 0 Å². The minimum absolute atomic E-state index is 0.0695. The van der Waals surface area contributed by atoms with Crippen LogP contribution in [0, 0.1) is 5.92 Å². The second-order valence-corrected chi connectivity index (χ2v) is 7.11. The van der Waals surface area contributed by atoms with Gasteiger partial charge in [-0.2, -0.15) is 0 Å². The zero-order valence-electron chi connectivity index (χ0n) is 14.7. The summed E-state index contributed by atoms with van der Waals surface area (Å²) in [6, 6.07) is 14.6. The van der Waals surface area contributed by atoms with Crippen LogP contribution in [-0.2, 0) is 9.53 Å². The number of hydrogen-bond donors (Lipinski definition) is 3. The molecule has 0 radical (unpaired) electrons. The predicted molar refractivity (Wildman–Crippen MR) is 98.4 cm³/mol. The van der Waals surface area contributed by atoms with E-state index in [0.29, 0.717) is 0 Å². The molecule has 0 bridgehead atoms. The molecule has 0 heterocycles. The van der Waals surface area contributed by atoms with Gasteiger partial charge < -0.3 is 20.3 Å². The lowest BCUT2D eigenvalue weighted by Gasteiger charge is -2.21. The highest BCUT2D eigenvalue weighted by atomic mass is 16.5. The smallest absolute Gasteiger partial charge is 0.407 e. The third-order valence-corrected chi connectivity index (χ3v) is 5.33. The molecule has 2 aliphatic rings. The highest BCUT2D eigenvalue weighted by molar-refractivity contribution is 5.81. The zero-order valence-corrected chi connectivity index (χ0v) is 14.7. The van der Waals surface area contributed by atoms with Crippen molar-refractivity contribution < 1.29 is 24.5 Å². The summed E-state index contributed by atoms with van der Waals surface area (Å²) < 4.78 is 5.35. The topological polar surface area (TPSA) is 95.9 Å². The molecule has 0 spiro atoms. The molecule has 140 valence electrons. The quantitative estimate of drug-likeness (QED) is 0.730. The summed E-state index contributed by atoms with van der Waals surface area (Å²) >= 11 is 0. The Morgan fingerprint density at radius 3 is 2.11 bits per heavy atom. The zero-order chi connectivity index (χ0) is 19.0. The lowest BCUT2D eigenvalue weighted by Crippen LogP contribution is -2.49. The van der Waals surface area contributed by atoms with E-state index in [1.54, 1.807) is 0 Å². The van der Waals surface area contributed by atoms with E-state index in [2.05, 4.69) is 5.32 Å². The van der Waals surface area contributed by atoms with Crippen molar-refractivity contribution >= 4 is 12.1 Å². The number of alkyl carbamates (subject to hydrolysis) is 1. The van der Waals surface area contributed by atoms with Crippen molar-refractivity contribution in [1.82, 2.24) is 5.32 Å². The van der Waals surface area contributed by atoms with E-state index < -0.39 is 24.2 Å². The summed E-state index contributed by atoms with van der Waals surface area (Å²) in [4.78, 5) is 23.5. The fourth-order valence-corrected chi connectivity index (χ4v) is 3.77. The molecule has 2 aliphatic carbocycles. The summed E-state index contributed by atoms with van der Waals surface area (Å²) in [7, 11) is 0. The Kier molecular flexibility index (Phi) is 4.58. The van der Waals surface area contributed by atoms with Crippen molar-refractivity contribution in [2.75, 3.05) is 6.61 Å². The van der Waals surface area contributed by atoms with E-state index in [9.17, 15) is 19.8 Å². The molecule has 1 amide bonds. The molecule has 2 aromatic rings. The number of carboxylic acids is 1. The number of aliphatic carboxylic acids is 1. The van der Waals surface area contributed by atoms with E-state index in [-0.39, 0.29) is 18.4 Å². The summed E-state index contributed by atoms with van der Waals surface area (Å²) in [6.45, 7) is 0.103. The average Bonchev–Trinajstić information content (AvgIpc) is 3.47. The van der Waals surface area contributed by atoms with Crippen LogP contribution < -0.4 is 5.32 Å².